The maximum atomic E-state index is 13.4. The van der Waals surface area contributed by atoms with Crippen LogP contribution in [0.4, 0.5) is 24.1 Å². The number of anilines is 2. The summed E-state index contributed by atoms with van der Waals surface area (Å²) in [5, 5.41) is 6.46. The lowest BCUT2D eigenvalue weighted by molar-refractivity contribution is -0.127. The number of piperidine rings is 1. The van der Waals surface area contributed by atoms with Crippen LogP contribution in [0, 0.1) is 0 Å². The summed E-state index contributed by atoms with van der Waals surface area (Å²) in [4.78, 5) is 10.8. The molecule has 1 aliphatic heterocycles. The number of rotatable bonds is 5. The zero-order chi connectivity index (χ0) is 23.9. The average Bonchev–Trinajstić information content (AvgIpc) is 3.43. The van der Waals surface area contributed by atoms with E-state index in [0.717, 1.165) is 42.8 Å². The van der Waals surface area contributed by atoms with Crippen LogP contribution in [0.5, 0.6) is 0 Å². The van der Waals surface area contributed by atoms with Crippen LogP contribution in [-0.2, 0) is 6.42 Å². The molecule has 0 amide bonds. The van der Waals surface area contributed by atoms with E-state index in [-0.39, 0.29) is 5.69 Å². The molecule has 178 valence electrons. The van der Waals surface area contributed by atoms with E-state index in [1.165, 1.54) is 11.3 Å². The van der Waals surface area contributed by atoms with Gasteiger partial charge in [-0.1, -0.05) is 29.8 Å². The standard InChI is InChI=1S/C24H23ClF3N5S/c1-32(23-31-20(14-34-23)16-2-5-18(25)6-3-16)22-19(12-24(26,27)28)30-21-7-4-17(13-33(21)22)15-8-10-29-11-9-15/h2-7,13-15,29H,8-12H2,1H3. The first kappa shape index (κ1) is 23.1. The molecule has 5 rings (SSSR count). The van der Waals surface area contributed by atoms with E-state index in [1.807, 2.05) is 35.8 Å². The Labute approximate surface area is 204 Å². The number of thiazole rings is 1. The van der Waals surface area contributed by atoms with E-state index in [1.54, 1.807) is 28.5 Å². The van der Waals surface area contributed by atoms with Crippen LogP contribution in [0.3, 0.4) is 0 Å². The molecule has 0 unspecified atom stereocenters. The van der Waals surface area contributed by atoms with Gasteiger partial charge in [-0.15, -0.1) is 11.3 Å². The highest BCUT2D eigenvalue weighted by Gasteiger charge is 2.33. The lowest BCUT2D eigenvalue weighted by Crippen LogP contribution is -2.26. The molecular formula is C24H23ClF3N5S. The van der Waals surface area contributed by atoms with Gasteiger partial charge in [-0.05, 0) is 55.6 Å². The minimum atomic E-state index is -4.37. The molecule has 1 aliphatic rings. The van der Waals surface area contributed by atoms with Gasteiger partial charge in [-0.3, -0.25) is 4.40 Å². The third-order valence-electron chi connectivity index (χ3n) is 6.10. The van der Waals surface area contributed by atoms with Crippen molar-refractivity contribution in [1.82, 2.24) is 19.7 Å². The molecule has 1 N–H and O–H groups in total. The highest BCUT2D eigenvalue weighted by atomic mass is 35.5. The number of nitrogens with zero attached hydrogens (tertiary/aromatic N) is 4. The largest absolute Gasteiger partial charge is 0.394 e. The van der Waals surface area contributed by atoms with Crippen molar-refractivity contribution in [2.24, 2.45) is 0 Å². The SMILES string of the molecule is CN(c1nc(-c2ccc(Cl)cc2)cs1)c1c(CC(F)(F)F)nc2ccc(C3CCNCC3)cn12. The molecule has 5 nitrogen and oxygen atoms in total. The third-order valence-corrected chi connectivity index (χ3v) is 7.27. The zero-order valence-corrected chi connectivity index (χ0v) is 20.0. The van der Waals surface area contributed by atoms with E-state index < -0.39 is 12.6 Å². The summed E-state index contributed by atoms with van der Waals surface area (Å²) >= 11 is 7.36. The smallest absolute Gasteiger partial charge is 0.317 e. The quantitative estimate of drug-likeness (QED) is 0.338. The monoisotopic (exact) mass is 505 g/mol. The molecule has 1 aromatic carbocycles. The number of hydrogen-bond donors (Lipinski definition) is 1. The van der Waals surface area contributed by atoms with E-state index in [0.29, 0.717) is 27.5 Å². The van der Waals surface area contributed by atoms with Crippen molar-refractivity contribution in [3.8, 4) is 11.3 Å². The molecule has 0 spiro atoms. The van der Waals surface area contributed by atoms with Gasteiger partial charge < -0.3 is 10.2 Å². The Morgan fingerprint density at radius 3 is 2.56 bits per heavy atom. The molecule has 3 aromatic heterocycles. The van der Waals surface area contributed by atoms with Crippen molar-refractivity contribution in [1.29, 1.82) is 0 Å². The number of nitrogens with one attached hydrogen (secondary N) is 1. The molecule has 0 radical (unpaired) electrons. The molecule has 0 saturated carbocycles. The fraction of sp³-hybridized carbons (Fsp3) is 0.333. The number of fused-ring (bicyclic) bond motifs is 1. The van der Waals surface area contributed by atoms with Crippen LogP contribution in [0.2, 0.25) is 5.02 Å². The van der Waals surface area contributed by atoms with Crippen molar-refractivity contribution in [2.75, 3.05) is 25.0 Å². The summed E-state index contributed by atoms with van der Waals surface area (Å²) in [6, 6.07) is 11.1. The number of imidazole rings is 1. The summed E-state index contributed by atoms with van der Waals surface area (Å²) in [7, 11) is 1.74. The molecular weight excluding hydrogens is 483 g/mol. The number of pyridine rings is 1. The maximum absolute atomic E-state index is 13.4. The number of halogens is 4. The summed E-state index contributed by atoms with van der Waals surface area (Å²) < 4.78 is 42.1. The summed E-state index contributed by atoms with van der Waals surface area (Å²) in [6.45, 7) is 1.87. The first-order chi connectivity index (χ1) is 16.3. The summed E-state index contributed by atoms with van der Waals surface area (Å²) in [5.41, 5.74) is 3.22. The molecule has 0 bridgehead atoms. The first-order valence-electron chi connectivity index (χ1n) is 11.0. The van der Waals surface area contributed by atoms with Gasteiger partial charge in [-0.25, -0.2) is 9.97 Å². The van der Waals surface area contributed by atoms with Crippen LogP contribution in [0.1, 0.15) is 30.0 Å². The van der Waals surface area contributed by atoms with Crippen LogP contribution in [-0.4, -0.2) is 40.7 Å². The predicted octanol–water partition coefficient (Wildman–Crippen LogP) is 6.45. The highest BCUT2D eigenvalue weighted by Crippen LogP contribution is 2.36. The normalized spacial score (nSPS) is 15.2. The molecule has 0 atom stereocenters. The fourth-order valence-corrected chi connectivity index (χ4v) is 5.35. The van der Waals surface area contributed by atoms with Crippen molar-refractivity contribution < 1.29 is 13.2 Å². The Morgan fingerprint density at radius 2 is 1.85 bits per heavy atom. The molecule has 10 heteroatoms. The second-order valence-electron chi connectivity index (χ2n) is 8.47. The van der Waals surface area contributed by atoms with Gasteiger partial charge in [0.25, 0.3) is 0 Å². The van der Waals surface area contributed by atoms with Gasteiger partial charge in [0, 0.05) is 29.2 Å². The van der Waals surface area contributed by atoms with Gasteiger partial charge in [-0.2, -0.15) is 13.2 Å². The van der Waals surface area contributed by atoms with Crippen molar-refractivity contribution in [3.05, 3.63) is 64.3 Å². The number of hydrogen-bond acceptors (Lipinski definition) is 5. The number of alkyl halides is 3. The van der Waals surface area contributed by atoms with E-state index in [4.69, 9.17) is 16.6 Å². The third kappa shape index (κ3) is 4.78. The van der Waals surface area contributed by atoms with Crippen LogP contribution in [0.15, 0.2) is 48.0 Å². The molecule has 4 aromatic rings. The lowest BCUT2D eigenvalue weighted by atomic mass is 9.91. The van der Waals surface area contributed by atoms with Crippen molar-refractivity contribution in [2.45, 2.75) is 31.4 Å². The Morgan fingerprint density at radius 1 is 1.12 bits per heavy atom. The highest BCUT2D eigenvalue weighted by molar-refractivity contribution is 7.14. The minimum Gasteiger partial charge on any atom is -0.317 e. The molecule has 34 heavy (non-hydrogen) atoms. The Hall–Kier alpha value is -2.62. The zero-order valence-electron chi connectivity index (χ0n) is 18.4. The summed E-state index contributed by atoms with van der Waals surface area (Å²) in [5.74, 6) is 0.758. The number of benzene rings is 1. The van der Waals surface area contributed by atoms with Gasteiger partial charge in [0.15, 0.2) is 5.13 Å². The topological polar surface area (TPSA) is 45.5 Å². The number of aromatic nitrogens is 3. The Balaban J connectivity index is 1.56. The van der Waals surface area contributed by atoms with E-state index >= 15 is 0 Å². The van der Waals surface area contributed by atoms with Crippen LogP contribution in [0.25, 0.3) is 16.9 Å². The summed E-state index contributed by atoms with van der Waals surface area (Å²) in [6.07, 6.45) is -1.54. The average molecular weight is 506 g/mol. The minimum absolute atomic E-state index is 0.0132. The van der Waals surface area contributed by atoms with Gasteiger partial charge in [0.05, 0.1) is 17.8 Å². The lowest BCUT2D eigenvalue weighted by Gasteiger charge is -2.23. The maximum Gasteiger partial charge on any atom is 0.394 e. The van der Waals surface area contributed by atoms with Crippen LogP contribution < -0.4 is 10.2 Å². The second-order valence-corrected chi connectivity index (χ2v) is 9.74. The van der Waals surface area contributed by atoms with E-state index in [2.05, 4.69) is 10.3 Å². The van der Waals surface area contributed by atoms with Crippen LogP contribution >= 0.6 is 22.9 Å². The predicted molar refractivity (Wildman–Crippen MR) is 130 cm³/mol. The first-order valence-corrected chi connectivity index (χ1v) is 12.3. The van der Waals surface area contributed by atoms with Crippen molar-refractivity contribution >= 4 is 39.5 Å². The van der Waals surface area contributed by atoms with Gasteiger partial charge >= 0.3 is 6.18 Å². The second kappa shape index (κ2) is 9.20. The Bertz CT molecular complexity index is 1290. The van der Waals surface area contributed by atoms with Gasteiger partial charge in [0.1, 0.15) is 11.5 Å². The molecule has 1 saturated heterocycles. The van der Waals surface area contributed by atoms with Crippen molar-refractivity contribution in [3.63, 3.8) is 0 Å². The fourth-order valence-electron chi connectivity index (χ4n) is 4.42. The molecule has 4 heterocycles. The molecule has 1 fully saturated rings. The van der Waals surface area contributed by atoms with Gasteiger partial charge in [0.2, 0.25) is 0 Å². The Kier molecular flexibility index (Phi) is 6.26. The van der Waals surface area contributed by atoms with E-state index in [9.17, 15) is 13.2 Å². The molecule has 0 aliphatic carbocycles.